The summed E-state index contributed by atoms with van der Waals surface area (Å²) in [5, 5.41) is 13.4. The predicted molar refractivity (Wildman–Crippen MR) is 65.7 cm³/mol. The number of nitrogens with one attached hydrogen (secondary N) is 1. The fourth-order valence-corrected chi connectivity index (χ4v) is 2.76. The van der Waals surface area contributed by atoms with Crippen molar-refractivity contribution in [2.24, 2.45) is 0 Å². The molecule has 0 unspecified atom stereocenters. The Morgan fingerprint density at radius 1 is 1.50 bits per heavy atom. The number of aromatic nitrogens is 1. The summed E-state index contributed by atoms with van der Waals surface area (Å²) in [7, 11) is 2.15. The zero-order chi connectivity index (χ0) is 11.5. The van der Waals surface area contributed by atoms with Crippen molar-refractivity contribution >= 4 is 16.5 Å². The van der Waals surface area contributed by atoms with Crippen molar-refractivity contribution < 1.29 is 0 Å². The van der Waals surface area contributed by atoms with Gasteiger partial charge in [-0.3, -0.25) is 0 Å². The number of hydrogen-bond acceptors (Lipinski definition) is 5. The van der Waals surface area contributed by atoms with Crippen molar-refractivity contribution in [1.29, 1.82) is 5.26 Å². The summed E-state index contributed by atoms with van der Waals surface area (Å²) in [6, 6.07) is 2.71. The van der Waals surface area contributed by atoms with Gasteiger partial charge in [-0.2, -0.15) is 9.64 Å². The van der Waals surface area contributed by atoms with Crippen LogP contribution in [0, 0.1) is 18.3 Å². The second kappa shape index (κ2) is 4.81. The average molecular weight is 236 g/mol. The first-order chi connectivity index (χ1) is 7.70. The molecule has 0 radical (unpaired) electrons. The molecule has 0 saturated carbocycles. The minimum Gasteiger partial charge on any atom is -0.372 e. The molecule has 0 spiro atoms. The molecule has 4 nitrogen and oxygen atoms in total. The van der Waals surface area contributed by atoms with Crippen LogP contribution in [0.4, 0.5) is 5.00 Å². The molecule has 1 aromatic rings. The first kappa shape index (κ1) is 11.4. The minimum atomic E-state index is 0.489. The molecule has 1 saturated heterocycles. The normalized spacial score (nSPS) is 18.3. The van der Waals surface area contributed by atoms with Gasteiger partial charge in [-0.1, -0.05) is 0 Å². The molecule has 1 aliphatic rings. The van der Waals surface area contributed by atoms with Crippen molar-refractivity contribution in [3.05, 3.63) is 11.3 Å². The van der Waals surface area contributed by atoms with E-state index in [1.807, 2.05) is 6.92 Å². The molecule has 5 heteroatoms. The van der Waals surface area contributed by atoms with Gasteiger partial charge in [0.15, 0.2) is 0 Å². The van der Waals surface area contributed by atoms with E-state index >= 15 is 0 Å². The lowest BCUT2D eigenvalue weighted by atomic mass is 10.1. The number of piperidine rings is 1. The van der Waals surface area contributed by atoms with Crippen molar-refractivity contribution in [3.8, 4) is 6.07 Å². The maximum absolute atomic E-state index is 9.03. The molecule has 1 fully saturated rings. The van der Waals surface area contributed by atoms with Crippen LogP contribution in [-0.2, 0) is 0 Å². The van der Waals surface area contributed by atoms with Gasteiger partial charge in [0.2, 0.25) is 0 Å². The summed E-state index contributed by atoms with van der Waals surface area (Å²) in [5.41, 5.74) is 1.55. The molecule has 0 bridgehead atoms. The summed E-state index contributed by atoms with van der Waals surface area (Å²) in [5.74, 6) is 0. The van der Waals surface area contributed by atoms with Gasteiger partial charge in [0.1, 0.15) is 16.6 Å². The van der Waals surface area contributed by atoms with Crippen LogP contribution >= 0.6 is 11.5 Å². The Balaban J connectivity index is 2.02. The van der Waals surface area contributed by atoms with E-state index in [4.69, 9.17) is 5.26 Å². The highest BCUT2D eigenvalue weighted by atomic mass is 32.1. The van der Waals surface area contributed by atoms with E-state index in [2.05, 4.69) is 27.7 Å². The molecule has 1 aliphatic heterocycles. The standard InChI is InChI=1S/C11H16N4S/c1-8-10(7-12)11(16-14-8)13-9-3-5-15(2)6-4-9/h9,13H,3-6H2,1-2H3. The highest BCUT2D eigenvalue weighted by Crippen LogP contribution is 2.26. The van der Waals surface area contributed by atoms with Crippen molar-refractivity contribution in [3.63, 3.8) is 0 Å². The molecule has 16 heavy (non-hydrogen) atoms. The Bertz CT molecular complexity index is 399. The largest absolute Gasteiger partial charge is 0.372 e. The topological polar surface area (TPSA) is 52.0 Å². The van der Waals surface area contributed by atoms with E-state index < -0.39 is 0 Å². The lowest BCUT2D eigenvalue weighted by Gasteiger charge is -2.29. The minimum absolute atomic E-state index is 0.489. The van der Waals surface area contributed by atoms with Crippen LogP contribution in [0.1, 0.15) is 24.1 Å². The summed E-state index contributed by atoms with van der Waals surface area (Å²) in [6.07, 6.45) is 2.27. The fraction of sp³-hybridized carbons (Fsp3) is 0.636. The molecule has 86 valence electrons. The number of aryl methyl sites for hydroxylation is 1. The molecular formula is C11H16N4S. The quantitative estimate of drug-likeness (QED) is 0.851. The monoisotopic (exact) mass is 236 g/mol. The Labute approximate surface area is 100 Å². The first-order valence-corrected chi connectivity index (χ1v) is 6.29. The van der Waals surface area contributed by atoms with E-state index in [-0.39, 0.29) is 0 Å². The zero-order valence-electron chi connectivity index (χ0n) is 9.66. The van der Waals surface area contributed by atoms with Crippen LogP contribution in [0.3, 0.4) is 0 Å². The fourth-order valence-electron chi connectivity index (χ4n) is 1.94. The lowest BCUT2D eigenvalue weighted by molar-refractivity contribution is 0.264. The van der Waals surface area contributed by atoms with Gasteiger partial charge in [0.25, 0.3) is 0 Å². The van der Waals surface area contributed by atoms with Crippen LogP contribution < -0.4 is 5.32 Å². The molecule has 0 atom stereocenters. The Morgan fingerprint density at radius 2 is 2.19 bits per heavy atom. The van der Waals surface area contributed by atoms with Gasteiger partial charge in [0.05, 0.1) is 5.69 Å². The van der Waals surface area contributed by atoms with E-state index in [9.17, 15) is 0 Å². The smallest absolute Gasteiger partial charge is 0.127 e. The van der Waals surface area contributed by atoms with Crippen LogP contribution in [0.25, 0.3) is 0 Å². The highest BCUT2D eigenvalue weighted by Gasteiger charge is 2.19. The van der Waals surface area contributed by atoms with Crippen molar-refractivity contribution in [1.82, 2.24) is 9.27 Å². The average Bonchev–Trinajstić information content (AvgIpc) is 2.63. The summed E-state index contributed by atoms with van der Waals surface area (Å²) >= 11 is 1.40. The molecule has 2 heterocycles. The van der Waals surface area contributed by atoms with E-state index in [0.717, 1.165) is 36.6 Å². The van der Waals surface area contributed by atoms with Crippen LogP contribution in [-0.4, -0.2) is 35.5 Å². The second-order valence-electron chi connectivity index (χ2n) is 4.31. The third-order valence-electron chi connectivity index (χ3n) is 3.03. The third-order valence-corrected chi connectivity index (χ3v) is 3.90. The van der Waals surface area contributed by atoms with E-state index in [1.165, 1.54) is 11.5 Å². The summed E-state index contributed by atoms with van der Waals surface area (Å²) in [6.45, 7) is 4.13. The SMILES string of the molecule is Cc1nsc(NC2CCN(C)CC2)c1C#N. The maximum Gasteiger partial charge on any atom is 0.127 e. The van der Waals surface area contributed by atoms with E-state index in [0.29, 0.717) is 11.6 Å². The summed E-state index contributed by atoms with van der Waals surface area (Å²) in [4.78, 5) is 2.33. The van der Waals surface area contributed by atoms with Gasteiger partial charge in [-0.05, 0) is 51.4 Å². The zero-order valence-corrected chi connectivity index (χ0v) is 10.5. The second-order valence-corrected chi connectivity index (χ2v) is 5.08. The van der Waals surface area contributed by atoms with Gasteiger partial charge < -0.3 is 10.2 Å². The number of nitrogens with zero attached hydrogens (tertiary/aromatic N) is 3. The number of nitriles is 1. The van der Waals surface area contributed by atoms with Gasteiger partial charge >= 0.3 is 0 Å². The van der Waals surface area contributed by atoms with E-state index in [1.54, 1.807) is 0 Å². The first-order valence-electron chi connectivity index (χ1n) is 5.52. The number of anilines is 1. The molecule has 2 rings (SSSR count). The molecule has 0 aromatic carbocycles. The number of hydrogen-bond donors (Lipinski definition) is 1. The Kier molecular flexibility index (Phi) is 3.42. The molecule has 1 N–H and O–H groups in total. The van der Waals surface area contributed by atoms with Crippen molar-refractivity contribution in [2.75, 3.05) is 25.5 Å². The number of rotatable bonds is 2. The Morgan fingerprint density at radius 3 is 2.81 bits per heavy atom. The van der Waals surface area contributed by atoms with Gasteiger partial charge in [-0.15, -0.1) is 0 Å². The number of likely N-dealkylation sites (tertiary alicyclic amines) is 1. The van der Waals surface area contributed by atoms with Gasteiger partial charge in [-0.25, -0.2) is 0 Å². The van der Waals surface area contributed by atoms with Crippen LogP contribution in [0.2, 0.25) is 0 Å². The molecular weight excluding hydrogens is 220 g/mol. The maximum atomic E-state index is 9.03. The predicted octanol–water partition coefficient (Wildman–Crippen LogP) is 1.83. The van der Waals surface area contributed by atoms with Crippen LogP contribution in [0.5, 0.6) is 0 Å². The van der Waals surface area contributed by atoms with Crippen molar-refractivity contribution in [2.45, 2.75) is 25.8 Å². The molecule has 1 aromatic heterocycles. The van der Waals surface area contributed by atoms with Crippen LogP contribution in [0.15, 0.2) is 0 Å². The van der Waals surface area contributed by atoms with Gasteiger partial charge in [0, 0.05) is 6.04 Å². The molecule has 0 amide bonds. The molecule has 0 aliphatic carbocycles. The third kappa shape index (κ3) is 2.34. The summed E-state index contributed by atoms with van der Waals surface area (Å²) < 4.78 is 4.21. The lowest BCUT2D eigenvalue weighted by Crippen LogP contribution is -2.36. The highest BCUT2D eigenvalue weighted by molar-refractivity contribution is 7.10. The Hall–Kier alpha value is -1.12.